The molecule has 2 aromatic carbocycles. The van der Waals surface area contributed by atoms with Gasteiger partial charge in [-0.25, -0.2) is 0 Å². The summed E-state index contributed by atoms with van der Waals surface area (Å²) in [5.74, 6) is 0.300. The Kier molecular flexibility index (Phi) is 3.87. The van der Waals surface area contributed by atoms with Gasteiger partial charge in [0.05, 0.1) is 10.5 Å². The number of para-hydroxylation sites is 1. The van der Waals surface area contributed by atoms with Crippen molar-refractivity contribution in [3.63, 3.8) is 0 Å². The minimum atomic E-state index is -0.560. The number of rotatable bonds is 3. The Labute approximate surface area is 120 Å². The average molecular weight is 289 g/mol. The molecule has 2 aromatic rings. The molecule has 0 aliphatic carbocycles. The zero-order chi connectivity index (χ0) is 14.7. The zero-order valence-electron chi connectivity index (χ0n) is 10.5. The first kappa shape index (κ1) is 13.8. The Morgan fingerprint density at radius 3 is 2.75 bits per heavy atom. The van der Waals surface area contributed by atoms with Crippen LogP contribution in [0.25, 0.3) is 0 Å². The Bertz CT molecular complexity index is 723. The molecule has 100 valence electrons. The molecule has 5 nitrogen and oxygen atoms in total. The molecule has 0 radical (unpaired) electrons. The van der Waals surface area contributed by atoms with E-state index in [9.17, 15) is 10.1 Å². The zero-order valence-corrected chi connectivity index (χ0v) is 11.2. The number of halogens is 1. The number of hydrogen-bond donors (Lipinski definition) is 0. The standard InChI is InChI=1S/C14H9ClN2O3/c1-9-3-2-4-10(8-16)14(9)20-13-7-11(15)5-6-12(13)17(18)19/h2-7H,1H3. The third kappa shape index (κ3) is 2.71. The molecule has 0 spiro atoms. The largest absolute Gasteiger partial charge is 0.448 e. The van der Waals surface area contributed by atoms with Gasteiger partial charge in [0, 0.05) is 17.2 Å². The minimum absolute atomic E-state index is 0.00769. The van der Waals surface area contributed by atoms with Crippen LogP contribution in [0.2, 0.25) is 5.02 Å². The monoisotopic (exact) mass is 288 g/mol. The number of aryl methyl sites for hydroxylation is 1. The molecule has 2 rings (SSSR count). The number of nitriles is 1. The van der Waals surface area contributed by atoms with Crippen LogP contribution in [0.1, 0.15) is 11.1 Å². The second kappa shape index (κ2) is 5.59. The summed E-state index contributed by atoms with van der Waals surface area (Å²) < 4.78 is 5.56. The molecule has 0 amide bonds. The van der Waals surface area contributed by atoms with E-state index >= 15 is 0 Å². The molecule has 0 saturated heterocycles. The van der Waals surface area contributed by atoms with Crippen molar-refractivity contribution in [3.8, 4) is 17.6 Å². The molecule has 0 aromatic heterocycles. The molecule has 0 N–H and O–H groups in total. The molecular formula is C14H9ClN2O3. The number of nitro groups is 1. The van der Waals surface area contributed by atoms with E-state index in [0.29, 0.717) is 21.9 Å². The average Bonchev–Trinajstić information content (AvgIpc) is 2.40. The molecule has 0 atom stereocenters. The summed E-state index contributed by atoms with van der Waals surface area (Å²) in [5, 5.41) is 20.4. The number of ether oxygens (including phenoxy) is 1. The maximum Gasteiger partial charge on any atom is 0.311 e. The van der Waals surface area contributed by atoms with Gasteiger partial charge in [0.1, 0.15) is 11.8 Å². The first-order valence-electron chi connectivity index (χ1n) is 5.64. The number of nitro benzene ring substituents is 1. The van der Waals surface area contributed by atoms with Crippen LogP contribution in [-0.2, 0) is 0 Å². The molecule has 20 heavy (non-hydrogen) atoms. The van der Waals surface area contributed by atoms with Crippen molar-refractivity contribution in [2.45, 2.75) is 6.92 Å². The number of benzene rings is 2. The van der Waals surface area contributed by atoms with Crippen LogP contribution < -0.4 is 4.74 Å². The van der Waals surface area contributed by atoms with Crippen molar-refractivity contribution >= 4 is 17.3 Å². The van der Waals surface area contributed by atoms with E-state index in [4.69, 9.17) is 21.6 Å². The molecular weight excluding hydrogens is 280 g/mol. The molecule has 0 unspecified atom stereocenters. The Balaban J connectivity index is 2.53. The van der Waals surface area contributed by atoms with Crippen LogP contribution >= 0.6 is 11.6 Å². The summed E-state index contributed by atoms with van der Waals surface area (Å²) in [7, 11) is 0. The van der Waals surface area contributed by atoms with E-state index < -0.39 is 4.92 Å². The van der Waals surface area contributed by atoms with E-state index in [1.165, 1.54) is 18.2 Å². The second-order valence-corrected chi connectivity index (χ2v) is 4.47. The molecule has 0 aliphatic heterocycles. The van der Waals surface area contributed by atoms with Gasteiger partial charge in [-0.1, -0.05) is 23.7 Å². The van der Waals surface area contributed by atoms with E-state index in [0.717, 1.165) is 0 Å². The second-order valence-electron chi connectivity index (χ2n) is 4.03. The number of nitrogens with zero attached hydrogens (tertiary/aromatic N) is 2. The lowest BCUT2D eigenvalue weighted by atomic mass is 10.1. The lowest BCUT2D eigenvalue weighted by Crippen LogP contribution is -1.96. The lowest BCUT2D eigenvalue weighted by Gasteiger charge is -2.10. The van der Waals surface area contributed by atoms with Crippen molar-refractivity contribution in [3.05, 3.63) is 62.7 Å². The van der Waals surface area contributed by atoms with Crippen LogP contribution in [0.3, 0.4) is 0 Å². The van der Waals surface area contributed by atoms with Gasteiger partial charge in [-0.2, -0.15) is 5.26 Å². The highest BCUT2D eigenvalue weighted by molar-refractivity contribution is 6.30. The van der Waals surface area contributed by atoms with Crippen LogP contribution in [0, 0.1) is 28.4 Å². The highest BCUT2D eigenvalue weighted by atomic mass is 35.5. The van der Waals surface area contributed by atoms with Crippen molar-refractivity contribution in [2.75, 3.05) is 0 Å². The predicted molar refractivity (Wildman–Crippen MR) is 74.1 cm³/mol. The molecule has 0 fully saturated rings. The van der Waals surface area contributed by atoms with E-state index in [1.807, 2.05) is 6.07 Å². The van der Waals surface area contributed by atoms with Gasteiger partial charge in [-0.15, -0.1) is 0 Å². The van der Waals surface area contributed by atoms with Gasteiger partial charge < -0.3 is 4.74 Å². The Morgan fingerprint density at radius 1 is 1.35 bits per heavy atom. The van der Waals surface area contributed by atoms with Gasteiger partial charge in [0.15, 0.2) is 0 Å². The van der Waals surface area contributed by atoms with Gasteiger partial charge in [-0.05, 0) is 24.6 Å². The van der Waals surface area contributed by atoms with Crippen molar-refractivity contribution in [2.24, 2.45) is 0 Å². The van der Waals surface area contributed by atoms with Gasteiger partial charge in [0.2, 0.25) is 5.75 Å². The molecule has 0 aliphatic rings. The smallest absolute Gasteiger partial charge is 0.311 e. The first-order chi connectivity index (χ1) is 9.52. The fraction of sp³-hybridized carbons (Fsp3) is 0.0714. The van der Waals surface area contributed by atoms with Crippen LogP contribution in [0.5, 0.6) is 11.5 Å². The first-order valence-corrected chi connectivity index (χ1v) is 6.02. The van der Waals surface area contributed by atoms with Gasteiger partial charge in [-0.3, -0.25) is 10.1 Å². The third-order valence-corrected chi connectivity index (χ3v) is 2.90. The fourth-order valence-corrected chi connectivity index (χ4v) is 1.87. The maximum absolute atomic E-state index is 11.0. The summed E-state index contributed by atoms with van der Waals surface area (Å²) in [5.41, 5.74) is 0.805. The van der Waals surface area contributed by atoms with Crippen molar-refractivity contribution in [1.29, 1.82) is 5.26 Å². The van der Waals surface area contributed by atoms with Crippen molar-refractivity contribution in [1.82, 2.24) is 0 Å². The van der Waals surface area contributed by atoms with Gasteiger partial charge in [0.25, 0.3) is 0 Å². The Hall–Kier alpha value is -2.58. The van der Waals surface area contributed by atoms with Crippen LogP contribution in [0.15, 0.2) is 36.4 Å². The van der Waals surface area contributed by atoms with Crippen LogP contribution in [-0.4, -0.2) is 4.92 Å². The predicted octanol–water partition coefficient (Wildman–Crippen LogP) is 4.22. The SMILES string of the molecule is Cc1cccc(C#N)c1Oc1cc(Cl)ccc1[N+](=O)[O-]. The highest BCUT2D eigenvalue weighted by Crippen LogP contribution is 2.36. The Morgan fingerprint density at radius 2 is 2.10 bits per heavy atom. The molecule has 0 bridgehead atoms. The number of hydrogen-bond acceptors (Lipinski definition) is 4. The quantitative estimate of drug-likeness (QED) is 0.626. The van der Waals surface area contributed by atoms with Gasteiger partial charge >= 0.3 is 5.69 Å². The van der Waals surface area contributed by atoms with E-state index in [-0.39, 0.29) is 11.4 Å². The molecule has 0 saturated carbocycles. The summed E-state index contributed by atoms with van der Waals surface area (Å²) in [4.78, 5) is 10.4. The highest BCUT2D eigenvalue weighted by Gasteiger charge is 2.18. The molecule has 6 heteroatoms. The van der Waals surface area contributed by atoms with E-state index in [1.54, 1.807) is 25.1 Å². The fourth-order valence-electron chi connectivity index (χ4n) is 1.71. The van der Waals surface area contributed by atoms with E-state index in [2.05, 4.69) is 0 Å². The summed E-state index contributed by atoms with van der Waals surface area (Å²) in [6.45, 7) is 1.76. The normalized spacial score (nSPS) is 9.85. The van der Waals surface area contributed by atoms with Crippen molar-refractivity contribution < 1.29 is 9.66 Å². The molecule has 0 heterocycles. The maximum atomic E-state index is 11.0. The lowest BCUT2D eigenvalue weighted by molar-refractivity contribution is -0.385. The summed E-state index contributed by atoms with van der Waals surface area (Å²) in [6.07, 6.45) is 0. The summed E-state index contributed by atoms with van der Waals surface area (Å²) in [6, 6.07) is 11.1. The third-order valence-electron chi connectivity index (χ3n) is 2.66. The minimum Gasteiger partial charge on any atom is -0.448 e. The van der Waals surface area contributed by atoms with Crippen LogP contribution in [0.4, 0.5) is 5.69 Å². The topological polar surface area (TPSA) is 76.2 Å². The summed E-state index contributed by atoms with van der Waals surface area (Å²) >= 11 is 5.83.